The van der Waals surface area contributed by atoms with Crippen LogP contribution in [0.4, 0.5) is 0 Å². The van der Waals surface area contributed by atoms with E-state index in [0.717, 1.165) is 4.90 Å². The van der Waals surface area contributed by atoms with Crippen molar-refractivity contribution in [2.75, 3.05) is 32.0 Å². The van der Waals surface area contributed by atoms with Gasteiger partial charge in [0.25, 0.3) is 0 Å². The van der Waals surface area contributed by atoms with Crippen LogP contribution in [0.5, 0.6) is 0 Å². The summed E-state index contributed by atoms with van der Waals surface area (Å²) in [4.78, 5) is 127. The summed E-state index contributed by atoms with van der Waals surface area (Å²) in [6.07, 6.45) is -4.24. The first-order chi connectivity index (χ1) is 29.8. The number of nitrogens with two attached hydrogens (primary N) is 1. The predicted octanol–water partition coefficient (Wildman–Crippen LogP) is -5.63. The van der Waals surface area contributed by atoms with E-state index < -0.39 is 176 Å². The van der Waals surface area contributed by atoms with Gasteiger partial charge in [0.15, 0.2) is 0 Å². The number of aliphatic hydroxyl groups is 3. The smallest absolute Gasteiger partial charge is 0.246 e. The molecule has 1 saturated heterocycles. The third-order valence-electron chi connectivity index (χ3n) is 11.5. The van der Waals surface area contributed by atoms with Gasteiger partial charge in [0, 0.05) is 36.2 Å². The molecule has 1 fully saturated rings. The van der Waals surface area contributed by atoms with E-state index in [-0.39, 0.29) is 10.6 Å². The summed E-state index contributed by atoms with van der Waals surface area (Å²) < 4.78 is 14.5. The van der Waals surface area contributed by atoms with E-state index in [2.05, 4.69) is 42.2 Å². The Hall–Kier alpha value is -5.98. The van der Waals surface area contributed by atoms with E-state index in [0.29, 0.717) is 17.3 Å². The standard InChI is InChI=1S/C39H54N10O13S/c1-4-17(2)31-36(59)42-12-29(54)43-25-16-63(62)38-21(20-7-5-6-8-22(20)46-38)10-23(33(56)41-13-30(55)47-31)44-37(60)32(18(3)27(52)15-50)48-35(58)26-9-19(51)14-49(26)39(61)24(11-28(40)53)45-34(25)57/h5-8,17-19,23-27,31-32,46,50-52H,4,9-16H2,1-3H3,(H2,40,53)(H,41,56)(H,42,59)(H,43,54)(H,44,60)(H,45,57)(H,47,55)(H,48,58)/t17-,18-,19+,23+,24-,25+,26-,27-,31-,32-,63?/m0/s1. The molecule has 0 aliphatic carbocycles. The molecule has 344 valence electrons. The molecule has 11 atom stereocenters. The van der Waals surface area contributed by atoms with Crippen LogP contribution >= 0.6 is 0 Å². The van der Waals surface area contributed by atoms with Crippen molar-refractivity contribution in [3.05, 3.63) is 29.8 Å². The minimum atomic E-state index is -2.29. The van der Waals surface area contributed by atoms with Gasteiger partial charge < -0.3 is 68.2 Å². The maximum Gasteiger partial charge on any atom is 0.246 e. The van der Waals surface area contributed by atoms with E-state index in [1.165, 1.54) is 6.92 Å². The molecule has 0 radical (unpaired) electrons. The number of nitrogens with one attached hydrogen (secondary N) is 8. The Morgan fingerprint density at radius 1 is 0.857 bits per heavy atom. The van der Waals surface area contributed by atoms with Gasteiger partial charge in [-0.2, -0.15) is 0 Å². The molecule has 3 aliphatic rings. The molecular weight excluding hydrogens is 849 g/mol. The number of aromatic amines is 1. The number of benzene rings is 1. The first kappa shape index (κ1) is 48.1. The maximum absolute atomic E-state index is 14.5. The fraction of sp³-hybridized carbons (Fsp3) is 0.564. The second-order valence-electron chi connectivity index (χ2n) is 16.0. The van der Waals surface area contributed by atoms with Gasteiger partial charge in [-0.3, -0.25) is 47.4 Å². The molecule has 0 saturated carbocycles. The van der Waals surface area contributed by atoms with Crippen LogP contribution in [0.2, 0.25) is 0 Å². The predicted molar refractivity (Wildman–Crippen MR) is 221 cm³/mol. The molecule has 1 unspecified atom stereocenters. The largest absolute Gasteiger partial charge is 0.394 e. The van der Waals surface area contributed by atoms with Crippen molar-refractivity contribution in [3.63, 3.8) is 0 Å². The Kier molecular flexibility index (Phi) is 16.0. The SMILES string of the molecule is CC[C@H](C)[C@@H]1NC(=O)CNC(=O)[C@H]2Cc3c([nH]c4ccccc34)S(=O)C[C@@H](NC(=O)CNC1=O)C(=O)N[C@@H](CC(N)=O)C(=O)N1C[C@H](O)C[C@H]1C(=O)N[C@@H]([C@@H](C)[C@@H](O)CO)C(=O)N2. The first-order valence-corrected chi connectivity index (χ1v) is 21.7. The average molecular weight is 903 g/mol. The van der Waals surface area contributed by atoms with Gasteiger partial charge in [-0.05, 0) is 17.5 Å². The maximum atomic E-state index is 14.5. The fourth-order valence-electron chi connectivity index (χ4n) is 7.66. The summed E-state index contributed by atoms with van der Waals surface area (Å²) in [5.74, 6) is -11.4. The van der Waals surface area contributed by atoms with Crippen molar-refractivity contribution in [2.24, 2.45) is 17.6 Å². The number of aromatic nitrogens is 1. The lowest BCUT2D eigenvalue weighted by atomic mass is 9.93. The molecule has 5 rings (SSSR count). The van der Waals surface area contributed by atoms with E-state index in [1.54, 1.807) is 38.1 Å². The third kappa shape index (κ3) is 11.5. The van der Waals surface area contributed by atoms with E-state index in [9.17, 15) is 62.7 Å². The van der Waals surface area contributed by atoms with Crippen molar-refractivity contribution >= 4 is 74.9 Å². The van der Waals surface area contributed by atoms with E-state index >= 15 is 0 Å². The number of carbonyl (C=O) groups is 9. The summed E-state index contributed by atoms with van der Waals surface area (Å²) >= 11 is 0. The van der Waals surface area contributed by atoms with Crippen molar-refractivity contribution in [1.29, 1.82) is 0 Å². The molecule has 1 aromatic heterocycles. The minimum Gasteiger partial charge on any atom is -0.394 e. The molecule has 2 bridgehead atoms. The number of nitrogens with zero attached hydrogens (tertiary/aromatic N) is 1. The number of H-pyrrole nitrogens is 1. The first-order valence-electron chi connectivity index (χ1n) is 20.4. The lowest BCUT2D eigenvalue weighted by Crippen LogP contribution is -2.62. The molecule has 63 heavy (non-hydrogen) atoms. The molecule has 3 aliphatic heterocycles. The molecule has 1 aromatic carbocycles. The monoisotopic (exact) mass is 902 g/mol. The lowest BCUT2D eigenvalue weighted by Gasteiger charge is -2.32. The fourth-order valence-corrected chi connectivity index (χ4v) is 9.05. The van der Waals surface area contributed by atoms with Crippen molar-refractivity contribution in [2.45, 2.75) is 99.9 Å². The summed E-state index contributed by atoms with van der Waals surface area (Å²) in [6.45, 7) is 1.90. The summed E-state index contributed by atoms with van der Waals surface area (Å²) in [5, 5.41) is 48.9. The van der Waals surface area contributed by atoms with Crippen molar-refractivity contribution in [1.82, 2.24) is 47.1 Å². The van der Waals surface area contributed by atoms with Crippen LogP contribution in [-0.2, 0) is 60.4 Å². The number of carbonyl (C=O) groups excluding carboxylic acids is 9. The Morgan fingerprint density at radius 3 is 2.19 bits per heavy atom. The van der Waals surface area contributed by atoms with Gasteiger partial charge in [0.1, 0.15) is 41.3 Å². The number of para-hydroxylation sites is 1. The number of hydrogen-bond acceptors (Lipinski definition) is 13. The van der Waals surface area contributed by atoms with E-state index in [1.807, 2.05) is 0 Å². The van der Waals surface area contributed by atoms with Gasteiger partial charge >= 0.3 is 0 Å². The highest BCUT2D eigenvalue weighted by atomic mass is 32.2. The summed E-state index contributed by atoms with van der Waals surface area (Å²) in [5.41, 5.74) is 6.08. The van der Waals surface area contributed by atoms with Crippen LogP contribution in [0.3, 0.4) is 0 Å². The van der Waals surface area contributed by atoms with Crippen LogP contribution in [0, 0.1) is 11.8 Å². The Balaban J connectivity index is 1.72. The molecule has 9 amide bonds. The van der Waals surface area contributed by atoms with Crippen LogP contribution in [0.1, 0.15) is 45.6 Å². The molecular formula is C39H54N10O13S. The topological polar surface area (TPSA) is 361 Å². The minimum absolute atomic E-state index is 0.0625. The number of aliphatic hydroxyl groups excluding tert-OH is 3. The van der Waals surface area contributed by atoms with Crippen LogP contribution in [0.15, 0.2) is 29.3 Å². The average Bonchev–Trinajstić information content (AvgIpc) is 3.83. The highest BCUT2D eigenvalue weighted by Crippen LogP contribution is 2.28. The van der Waals surface area contributed by atoms with Gasteiger partial charge in [0.05, 0.1) is 54.9 Å². The number of amides is 9. The highest BCUT2D eigenvalue weighted by Gasteiger charge is 2.45. The quantitative estimate of drug-likeness (QED) is 0.124. The van der Waals surface area contributed by atoms with Crippen molar-refractivity contribution < 1.29 is 62.7 Å². The van der Waals surface area contributed by atoms with E-state index in [4.69, 9.17) is 5.73 Å². The Bertz CT molecular complexity index is 2150. The second-order valence-corrected chi connectivity index (χ2v) is 17.4. The normalized spacial score (nSPS) is 28.8. The Labute approximate surface area is 363 Å². The molecule has 0 spiro atoms. The van der Waals surface area contributed by atoms with Crippen LogP contribution < -0.4 is 43.0 Å². The molecule has 23 nitrogen and oxygen atoms in total. The number of primary amides is 1. The zero-order chi connectivity index (χ0) is 46.3. The summed E-state index contributed by atoms with van der Waals surface area (Å²) in [7, 11) is -2.29. The molecule has 13 N–H and O–H groups in total. The van der Waals surface area contributed by atoms with Gasteiger partial charge in [-0.1, -0.05) is 45.4 Å². The number of fused-ring (bicyclic) bond motifs is 5. The molecule has 24 heteroatoms. The zero-order valence-electron chi connectivity index (χ0n) is 34.8. The van der Waals surface area contributed by atoms with Crippen LogP contribution in [0.25, 0.3) is 10.9 Å². The highest BCUT2D eigenvalue weighted by molar-refractivity contribution is 7.85. The van der Waals surface area contributed by atoms with Gasteiger partial charge in [0.2, 0.25) is 53.2 Å². The van der Waals surface area contributed by atoms with Gasteiger partial charge in [-0.15, -0.1) is 0 Å². The zero-order valence-corrected chi connectivity index (χ0v) is 35.6. The Morgan fingerprint density at radius 2 is 1.52 bits per heavy atom. The number of rotatable bonds is 7. The third-order valence-corrected chi connectivity index (χ3v) is 12.9. The summed E-state index contributed by atoms with van der Waals surface area (Å²) in [6, 6.07) is -3.18. The number of hydrogen-bond donors (Lipinski definition) is 12. The van der Waals surface area contributed by atoms with Crippen molar-refractivity contribution in [3.8, 4) is 0 Å². The second kappa shape index (κ2) is 20.9. The molecule has 4 heterocycles. The van der Waals surface area contributed by atoms with Crippen LogP contribution in [-0.4, -0.2) is 163 Å². The molecule has 2 aromatic rings. The lowest BCUT2D eigenvalue weighted by molar-refractivity contribution is -0.144. The van der Waals surface area contributed by atoms with Gasteiger partial charge in [-0.25, -0.2) is 0 Å².